The van der Waals surface area contributed by atoms with Gasteiger partial charge in [0.1, 0.15) is 0 Å². The minimum Gasteiger partial charge on any atom is -0.389 e. The molecule has 0 fully saturated rings. The van der Waals surface area contributed by atoms with Crippen LogP contribution in [0.4, 0.5) is 0 Å². The van der Waals surface area contributed by atoms with Crippen molar-refractivity contribution >= 4 is 6.08 Å². The second-order valence-corrected chi connectivity index (χ2v) is 6.12. The van der Waals surface area contributed by atoms with Crippen molar-refractivity contribution in [2.75, 3.05) is 0 Å². The molecule has 0 aliphatic carbocycles. The fraction of sp³-hybridized carbons (Fsp3) is 0.238. The van der Waals surface area contributed by atoms with Gasteiger partial charge in [-0.1, -0.05) is 42.5 Å². The first kappa shape index (κ1) is 17.1. The van der Waals surface area contributed by atoms with Crippen LogP contribution in [0.2, 0.25) is 0 Å². The molecule has 25 heavy (non-hydrogen) atoms. The fourth-order valence-electron chi connectivity index (χ4n) is 2.65. The fourth-order valence-corrected chi connectivity index (χ4v) is 2.65. The first-order valence-corrected chi connectivity index (χ1v) is 8.59. The predicted molar refractivity (Wildman–Crippen MR) is 100.0 cm³/mol. The second-order valence-electron chi connectivity index (χ2n) is 6.12. The SMILES string of the molecule is OC(C=Cc1ccc(CCc2cccnc2)cc1)CCn1ccnc1. The molecule has 0 spiro atoms. The average Bonchev–Trinajstić information content (AvgIpc) is 3.18. The summed E-state index contributed by atoms with van der Waals surface area (Å²) in [7, 11) is 0. The van der Waals surface area contributed by atoms with Crippen LogP contribution in [0.15, 0.2) is 73.6 Å². The Morgan fingerprint density at radius 2 is 1.84 bits per heavy atom. The summed E-state index contributed by atoms with van der Waals surface area (Å²) in [6.45, 7) is 0.763. The summed E-state index contributed by atoms with van der Waals surface area (Å²) in [5.41, 5.74) is 3.67. The molecule has 4 heteroatoms. The van der Waals surface area contributed by atoms with E-state index >= 15 is 0 Å². The van der Waals surface area contributed by atoms with Crippen LogP contribution in [-0.4, -0.2) is 25.7 Å². The Hall–Kier alpha value is -2.72. The second kappa shape index (κ2) is 8.94. The van der Waals surface area contributed by atoms with E-state index in [1.807, 2.05) is 35.2 Å². The van der Waals surface area contributed by atoms with Gasteiger partial charge in [0.2, 0.25) is 0 Å². The van der Waals surface area contributed by atoms with E-state index in [1.165, 1.54) is 11.1 Å². The smallest absolute Gasteiger partial charge is 0.0945 e. The summed E-state index contributed by atoms with van der Waals surface area (Å²) in [4.78, 5) is 8.14. The standard InChI is InChI=1S/C21H23N3O/c25-21(11-14-24-15-13-23-17-24)10-9-19-5-3-18(4-6-19)7-8-20-2-1-12-22-16-20/h1-6,9-10,12-13,15-17,21,25H,7-8,11,14H2. The van der Waals surface area contributed by atoms with Crippen LogP contribution in [0.1, 0.15) is 23.1 Å². The molecule has 0 saturated carbocycles. The van der Waals surface area contributed by atoms with Crippen LogP contribution in [0.3, 0.4) is 0 Å². The molecule has 0 aliphatic heterocycles. The van der Waals surface area contributed by atoms with Gasteiger partial charge in [0.05, 0.1) is 12.4 Å². The van der Waals surface area contributed by atoms with E-state index in [2.05, 4.69) is 40.3 Å². The molecule has 1 atom stereocenters. The molecule has 1 N–H and O–H groups in total. The van der Waals surface area contributed by atoms with E-state index in [0.29, 0.717) is 6.42 Å². The molecule has 3 rings (SSSR count). The third-order valence-electron chi connectivity index (χ3n) is 4.16. The summed E-state index contributed by atoms with van der Waals surface area (Å²) in [6, 6.07) is 12.6. The molecule has 2 heterocycles. The molecule has 1 aromatic carbocycles. The van der Waals surface area contributed by atoms with Crippen molar-refractivity contribution in [2.24, 2.45) is 0 Å². The highest BCUT2D eigenvalue weighted by molar-refractivity contribution is 5.50. The van der Waals surface area contributed by atoms with Gasteiger partial charge in [-0.2, -0.15) is 0 Å². The Labute approximate surface area is 148 Å². The van der Waals surface area contributed by atoms with Gasteiger partial charge in [0.25, 0.3) is 0 Å². The lowest BCUT2D eigenvalue weighted by Gasteiger charge is -2.06. The monoisotopic (exact) mass is 333 g/mol. The lowest BCUT2D eigenvalue weighted by atomic mass is 10.0. The number of pyridine rings is 1. The average molecular weight is 333 g/mol. The normalized spacial score (nSPS) is 12.5. The molecule has 2 aromatic heterocycles. The van der Waals surface area contributed by atoms with Gasteiger partial charge < -0.3 is 9.67 Å². The molecule has 4 nitrogen and oxygen atoms in total. The highest BCUT2D eigenvalue weighted by Crippen LogP contribution is 2.11. The summed E-state index contributed by atoms with van der Waals surface area (Å²) in [6.07, 6.45) is 15.2. The minimum atomic E-state index is -0.451. The van der Waals surface area contributed by atoms with Gasteiger partial charge in [0.15, 0.2) is 0 Å². The highest BCUT2D eigenvalue weighted by Gasteiger charge is 2.00. The van der Waals surface area contributed by atoms with Crippen LogP contribution in [0, 0.1) is 0 Å². The van der Waals surface area contributed by atoms with Crippen LogP contribution < -0.4 is 0 Å². The topological polar surface area (TPSA) is 50.9 Å². The molecular weight excluding hydrogens is 310 g/mol. The van der Waals surface area contributed by atoms with E-state index in [9.17, 15) is 5.11 Å². The zero-order chi connectivity index (χ0) is 17.3. The van der Waals surface area contributed by atoms with Gasteiger partial charge in [-0.25, -0.2) is 4.98 Å². The molecule has 128 valence electrons. The third kappa shape index (κ3) is 5.69. The predicted octanol–water partition coefficient (Wildman–Crippen LogP) is 3.53. The summed E-state index contributed by atoms with van der Waals surface area (Å²) in [5, 5.41) is 10.0. The van der Waals surface area contributed by atoms with Crippen LogP contribution in [0.25, 0.3) is 6.08 Å². The number of hydrogen-bond donors (Lipinski definition) is 1. The number of aryl methyl sites for hydroxylation is 3. The maximum atomic E-state index is 10.0. The highest BCUT2D eigenvalue weighted by atomic mass is 16.3. The van der Waals surface area contributed by atoms with Gasteiger partial charge in [-0.15, -0.1) is 0 Å². The van der Waals surface area contributed by atoms with E-state index in [-0.39, 0.29) is 0 Å². The van der Waals surface area contributed by atoms with Crippen molar-refractivity contribution in [2.45, 2.75) is 31.9 Å². The lowest BCUT2D eigenvalue weighted by Crippen LogP contribution is -2.07. The largest absolute Gasteiger partial charge is 0.389 e. The number of aromatic nitrogens is 3. The number of rotatable bonds is 8. The van der Waals surface area contributed by atoms with E-state index in [1.54, 1.807) is 18.7 Å². The Kier molecular flexibility index (Phi) is 6.12. The van der Waals surface area contributed by atoms with Gasteiger partial charge in [-0.3, -0.25) is 4.98 Å². The Bertz CT molecular complexity index is 765. The molecule has 3 aromatic rings. The van der Waals surface area contributed by atoms with Crippen molar-refractivity contribution in [3.63, 3.8) is 0 Å². The maximum absolute atomic E-state index is 10.0. The van der Waals surface area contributed by atoms with E-state index < -0.39 is 6.10 Å². The number of aliphatic hydroxyl groups excluding tert-OH is 1. The first-order valence-electron chi connectivity index (χ1n) is 8.59. The molecule has 0 amide bonds. The van der Waals surface area contributed by atoms with Gasteiger partial charge in [-0.05, 0) is 42.0 Å². The van der Waals surface area contributed by atoms with Crippen molar-refractivity contribution in [1.82, 2.24) is 14.5 Å². The van der Waals surface area contributed by atoms with Crippen LogP contribution in [0.5, 0.6) is 0 Å². The van der Waals surface area contributed by atoms with E-state index in [4.69, 9.17) is 0 Å². The molecule has 0 bridgehead atoms. The quantitative estimate of drug-likeness (QED) is 0.686. The summed E-state index contributed by atoms with van der Waals surface area (Å²) < 4.78 is 1.97. The van der Waals surface area contributed by atoms with Crippen LogP contribution in [-0.2, 0) is 19.4 Å². The van der Waals surface area contributed by atoms with Crippen molar-refractivity contribution in [1.29, 1.82) is 0 Å². The van der Waals surface area contributed by atoms with Crippen molar-refractivity contribution in [3.8, 4) is 0 Å². The van der Waals surface area contributed by atoms with Gasteiger partial charge >= 0.3 is 0 Å². The molecular formula is C21H23N3O. The zero-order valence-electron chi connectivity index (χ0n) is 14.2. The Balaban J connectivity index is 1.46. The number of benzene rings is 1. The lowest BCUT2D eigenvalue weighted by molar-refractivity contribution is 0.206. The van der Waals surface area contributed by atoms with Crippen molar-refractivity contribution < 1.29 is 5.11 Å². The number of hydrogen-bond acceptors (Lipinski definition) is 3. The number of imidazole rings is 1. The number of nitrogens with zero attached hydrogens (tertiary/aromatic N) is 3. The Morgan fingerprint density at radius 3 is 2.56 bits per heavy atom. The molecule has 0 radical (unpaired) electrons. The molecule has 0 aliphatic rings. The Morgan fingerprint density at radius 1 is 1.00 bits per heavy atom. The van der Waals surface area contributed by atoms with Crippen molar-refractivity contribution in [3.05, 3.63) is 90.3 Å². The van der Waals surface area contributed by atoms with Gasteiger partial charge in [0, 0.05) is 31.3 Å². The summed E-state index contributed by atoms with van der Waals surface area (Å²) in [5.74, 6) is 0. The zero-order valence-corrected chi connectivity index (χ0v) is 14.2. The first-order chi connectivity index (χ1) is 12.3. The third-order valence-corrected chi connectivity index (χ3v) is 4.16. The maximum Gasteiger partial charge on any atom is 0.0945 e. The van der Waals surface area contributed by atoms with E-state index in [0.717, 1.165) is 24.9 Å². The minimum absolute atomic E-state index is 0.451. The molecule has 0 saturated heterocycles. The summed E-state index contributed by atoms with van der Waals surface area (Å²) >= 11 is 0. The molecule has 1 unspecified atom stereocenters. The number of aliphatic hydroxyl groups is 1. The van der Waals surface area contributed by atoms with Crippen LogP contribution >= 0.6 is 0 Å².